The summed E-state index contributed by atoms with van der Waals surface area (Å²) in [7, 11) is 0. The average Bonchev–Trinajstić information content (AvgIpc) is 2.49. The molecule has 0 saturated carbocycles. The predicted octanol–water partition coefficient (Wildman–Crippen LogP) is 3.57. The maximum absolute atomic E-state index is 12.1. The van der Waals surface area contributed by atoms with Crippen LogP contribution in [0.2, 0.25) is 0 Å². The molecule has 0 aliphatic carbocycles. The summed E-state index contributed by atoms with van der Waals surface area (Å²) in [5.41, 5.74) is 2.97. The standard InChI is InChI=1S/C18H17NO3/c1-12-8-9-15(13(2)10-12)19-16(18(21)22)11-17(20)14-6-4-3-5-7-14/h3-11,19H,1-2H3,(H,21,22). The second kappa shape index (κ2) is 6.72. The smallest absolute Gasteiger partial charge is 0.352 e. The average molecular weight is 295 g/mol. The largest absolute Gasteiger partial charge is 0.477 e. The predicted molar refractivity (Wildman–Crippen MR) is 86.0 cm³/mol. The Hall–Kier alpha value is -2.88. The number of ketones is 1. The van der Waals surface area contributed by atoms with Gasteiger partial charge in [-0.25, -0.2) is 4.79 Å². The minimum absolute atomic E-state index is 0.152. The van der Waals surface area contributed by atoms with Gasteiger partial charge in [0, 0.05) is 17.3 Å². The summed E-state index contributed by atoms with van der Waals surface area (Å²) in [6.45, 7) is 3.84. The summed E-state index contributed by atoms with van der Waals surface area (Å²) in [5.74, 6) is -1.53. The van der Waals surface area contributed by atoms with Gasteiger partial charge in [-0.05, 0) is 25.5 Å². The number of nitrogens with one attached hydrogen (secondary N) is 1. The topological polar surface area (TPSA) is 66.4 Å². The summed E-state index contributed by atoms with van der Waals surface area (Å²) in [4.78, 5) is 23.5. The van der Waals surface area contributed by atoms with E-state index in [1.54, 1.807) is 36.4 Å². The summed E-state index contributed by atoms with van der Waals surface area (Å²) in [5, 5.41) is 12.1. The van der Waals surface area contributed by atoms with Crippen LogP contribution in [-0.4, -0.2) is 16.9 Å². The number of carbonyl (C=O) groups excluding carboxylic acids is 1. The Labute approximate surface area is 129 Å². The molecule has 0 bridgehead atoms. The van der Waals surface area contributed by atoms with Crippen molar-refractivity contribution in [1.29, 1.82) is 0 Å². The number of anilines is 1. The number of carboxylic acid groups (broad SMARTS) is 1. The second-order valence-corrected chi connectivity index (χ2v) is 5.04. The van der Waals surface area contributed by atoms with Gasteiger partial charge < -0.3 is 10.4 Å². The Balaban J connectivity index is 2.29. The number of allylic oxidation sites excluding steroid dienone is 1. The lowest BCUT2D eigenvalue weighted by molar-refractivity contribution is -0.132. The molecule has 0 unspecified atom stereocenters. The minimum Gasteiger partial charge on any atom is -0.477 e. The van der Waals surface area contributed by atoms with Crippen molar-refractivity contribution < 1.29 is 14.7 Å². The number of carboxylic acids is 1. The quantitative estimate of drug-likeness (QED) is 0.653. The number of rotatable bonds is 5. The van der Waals surface area contributed by atoms with Gasteiger partial charge in [0.15, 0.2) is 5.78 Å². The normalized spacial score (nSPS) is 11.1. The lowest BCUT2D eigenvalue weighted by Gasteiger charge is -2.10. The maximum atomic E-state index is 12.1. The lowest BCUT2D eigenvalue weighted by Crippen LogP contribution is -2.13. The first-order chi connectivity index (χ1) is 10.5. The molecule has 0 atom stereocenters. The third-order valence-corrected chi connectivity index (χ3v) is 3.22. The van der Waals surface area contributed by atoms with Crippen molar-refractivity contribution >= 4 is 17.4 Å². The molecule has 0 aromatic heterocycles. The van der Waals surface area contributed by atoms with Crippen LogP contribution in [0.3, 0.4) is 0 Å². The fourth-order valence-corrected chi connectivity index (χ4v) is 2.07. The summed E-state index contributed by atoms with van der Waals surface area (Å²) in [6, 6.07) is 14.2. The third kappa shape index (κ3) is 3.82. The Kier molecular flexibility index (Phi) is 4.73. The monoisotopic (exact) mass is 295 g/mol. The third-order valence-electron chi connectivity index (χ3n) is 3.22. The van der Waals surface area contributed by atoms with Gasteiger partial charge in [-0.3, -0.25) is 4.79 Å². The zero-order chi connectivity index (χ0) is 16.1. The van der Waals surface area contributed by atoms with Gasteiger partial charge in [-0.15, -0.1) is 0 Å². The zero-order valence-corrected chi connectivity index (χ0v) is 12.5. The van der Waals surface area contributed by atoms with Crippen molar-refractivity contribution in [2.75, 3.05) is 5.32 Å². The first kappa shape index (κ1) is 15.5. The van der Waals surface area contributed by atoms with E-state index in [-0.39, 0.29) is 11.5 Å². The number of aliphatic carboxylic acids is 1. The van der Waals surface area contributed by atoms with Crippen LogP contribution in [0.15, 0.2) is 60.3 Å². The van der Waals surface area contributed by atoms with E-state index in [0.29, 0.717) is 11.3 Å². The molecular weight excluding hydrogens is 278 g/mol. The van der Waals surface area contributed by atoms with Crippen molar-refractivity contribution in [3.8, 4) is 0 Å². The molecule has 0 spiro atoms. The molecule has 2 rings (SSSR count). The molecule has 112 valence electrons. The maximum Gasteiger partial charge on any atom is 0.352 e. The van der Waals surface area contributed by atoms with Gasteiger partial charge in [0.05, 0.1) is 0 Å². The highest BCUT2D eigenvalue weighted by Crippen LogP contribution is 2.18. The SMILES string of the molecule is Cc1ccc(NC(=CC(=O)c2ccccc2)C(=O)O)c(C)c1. The molecule has 4 nitrogen and oxygen atoms in total. The van der Waals surface area contributed by atoms with E-state index in [1.807, 2.05) is 26.0 Å². The van der Waals surface area contributed by atoms with Gasteiger partial charge in [0.1, 0.15) is 5.70 Å². The first-order valence-electron chi connectivity index (χ1n) is 6.86. The van der Waals surface area contributed by atoms with Crippen LogP contribution in [0.1, 0.15) is 21.5 Å². The van der Waals surface area contributed by atoms with E-state index < -0.39 is 5.97 Å². The number of carbonyl (C=O) groups is 2. The molecule has 0 fully saturated rings. The molecule has 0 heterocycles. The van der Waals surface area contributed by atoms with Gasteiger partial charge >= 0.3 is 5.97 Å². The van der Waals surface area contributed by atoms with Crippen LogP contribution >= 0.6 is 0 Å². The van der Waals surface area contributed by atoms with E-state index in [0.717, 1.165) is 17.2 Å². The number of hydrogen-bond acceptors (Lipinski definition) is 3. The van der Waals surface area contributed by atoms with Crippen molar-refractivity contribution in [3.05, 3.63) is 77.0 Å². The molecule has 0 saturated heterocycles. The number of benzene rings is 2. The number of aryl methyl sites for hydroxylation is 2. The molecule has 22 heavy (non-hydrogen) atoms. The Morgan fingerprint density at radius 1 is 1.05 bits per heavy atom. The Bertz CT molecular complexity index is 733. The van der Waals surface area contributed by atoms with E-state index in [1.165, 1.54) is 0 Å². The molecule has 0 aliphatic rings. The zero-order valence-electron chi connectivity index (χ0n) is 12.5. The van der Waals surface area contributed by atoms with Crippen molar-refractivity contribution in [2.45, 2.75) is 13.8 Å². The molecule has 2 aromatic carbocycles. The van der Waals surface area contributed by atoms with Crippen LogP contribution in [0.4, 0.5) is 5.69 Å². The summed E-state index contributed by atoms with van der Waals surface area (Å²) in [6.07, 6.45) is 1.11. The van der Waals surface area contributed by atoms with Crippen LogP contribution in [0, 0.1) is 13.8 Å². The molecule has 0 amide bonds. The van der Waals surface area contributed by atoms with Crippen molar-refractivity contribution in [2.24, 2.45) is 0 Å². The first-order valence-corrected chi connectivity index (χ1v) is 6.86. The van der Waals surface area contributed by atoms with Crippen LogP contribution < -0.4 is 5.32 Å². The van der Waals surface area contributed by atoms with Crippen LogP contribution in [0.25, 0.3) is 0 Å². The summed E-state index contributed by atoms with van der Waals surface area (Å²) < 4.78 is 0. The second-order valence-electron chi connectivity index (χ2n) is 5.04. The number of hydrogen-bond donors (Lipinski definition) is 2. The molecule has 2 N–H and O–H groups in total. The Morgan fingerprint density at radius 3 is 2.32 bits per heavy atom. The van der Waals surface area contributed by atoms with E-state index in [9.17, 15) is 14.7 Å². The molecule has 0 aliphatic heterocycles. The fraction of sp³-hybridized carbons (Fsp3) is 0.111. The highest BCUT2D eigenvalue weighted by atomic mass is 16.4. The lowest BCUT2D eigenvalue weighted by atomic mass is 10.1. The van der Waals surface area contributed by atoms with Crippen molar-refractivity contribution in [1.82, 2.24) is 0 Å². The molecule has 4 heteroatoms. The van der Waals surface area contributed by atoms with Gasteiger partial charge in [-0.1, -0.05) is 48.0 Å². The highest BCUT2D eigenvalue weighted by Gasteiger charge is 2.12. The molecule has 0 radical (unpaired) electrons. The van der Waals surface area contributed by atoms with Crippen LogP contribution in [-0.2, 0) is 4.79 Å². The molecular formula is C18H17NO3. The van der Waals surface area contributed by atoms with E-state index in [4.69, 9.17) is 0 Å². The van der Waals surface area contributed by atoms with E-state index >= 15 is 0 Å². The van der Waals surface area contributed by atoms with Crippen molar-refractivity contribution in [3.63, 3.8) is 0 Å². The Morgan fingerprint density at radius 2 is 1.73 bits per heavy atom. The molecule has 2 aromatic rings. The van der Waals surface area contributed by atoms with Gasteiger partial charge in [0.2, 0.25) is 0 Å². The highest BCUT2D eigenvalue weighted by molar-refractivity contribution is 6.09. The van der Waals surface area contributed by atoms with Gasteiger partial charge in [0.25, 0.3) is 0 Å². The van der Waals surface area contributed by atoms with E-state index in [2.05, 4.69) is 5.32 Å². The fourth-order valence-electron chi connectivity index (χ4n) is 2.07. The summed E-state index contributed by atoms with van der Waals surface area (Å²) >= 11 is 0. The van der Waals surface area contributed by atoms with Gasteiger partial charge in [-0.2, -0.15) is 0 Å². The minimum atomic E-state index is -1.18. The van der Waals surface area contributed by atoms with Crippen LogP contribution in [0.5, 0.6) is 0 Å².